The number of aromatic nitrogens is 2. The summed E-state index contributed by atoms with van der Waals surface area (Å²) in [6.07, 6.45) is 2.87. The van der Waals surface area contributed by atoms with E-state index in [0.717, 1.165) is 0 Å². The highest BCUT2D eigenvalue weighted by Gasteiger charge is 2.11. The van der Waals surface area contributed by atoms with Crippen LogP contribution in [0.3, 0.4) is 0 Å². The molecule has 0 spiro atoms. The summed E-state index contributed by atoms with van der Waals surface area (Å²) < 4.78 is 0. The van der Waals surface area contributed by atoms with Crippen molar-refractivity contribution >= 4 is 23.0 Å². The minimum Gasteiger partial charge on any atom is -0.382 e. The van der Waals surface area contributed by atoms with Crippen molar-refractivity contribution in [3.8, 4) is 0 Å². The number of nitro benzene ring substituents is 1. The first kappa shape index (κ1) is 11.8. The Morgan fingerprint density at radius 1 is 1.33 bits per heavy atom. The number of aryl methyl sites for hydroxylation is 1. The second-order valence-corrected chi connectivity index (χ2v) is 3.71. The van der Waals surface area contributed by atoms with Crippen molar-refractivity contribution in [2.45, 2.75) is 6.92 Å². The van der Waals surface area contributed by atoms with Crippen LogP contribution in [0, 0.1) is 17.0 Å². The molecule has 0 aliphatic heterocycles. The number of hydrogen-bond donors (Lipinski definition) is 2. The highest BCUT2D eigenvalue weighted by molar-refractivity contribution is 5.61. The number of nitrogens with two attached hydrogens (primary N) is 1. The van der Waals surface area contributed by atoms with E-state index in [2.05, 4.69) is 15.3 Å². The van der Waals surface area contributed by atoms with Crippen molar-refractivity contribution in [1.82, 2.24) is 9.97 Å². The Balaban J connectivity index is 2.27. The summed E-state index contributed by atoms with van der Waals surface area (Å²) in [7, 11) is 0. The molecular weight excluding hydrogens is 234 g/mol. The summed E-state index contributed by atoms with van der Waals surface area (Å²) in [5, 5.41) is 13.7. The topological polar surface area (TPSA) is 107 Å². The van der Waals surface area contributed by atoms with Crippen LogP contribution in [0.1, 0.15) is 5.56 Å². The van der Waals surface area contributed by atoms with Gasteiger partial charge in [0.25, 0.3) is 5.69 Å². The largest absolute Gasteiger partial charge is 0.382 e. The predicted octanol–water partition coefficient (Wildman–Crippen LogP) is 2.02. The molecule has 0 saturated heterocycles. The molecule has 1 aromatic carbocycles. The molecule has 18 heavy (non-hydrogen) atoms. The summed E-state index contributed by atoms with van der Waals surface area (Å²) in [5.74, 6) is 0.790. The maximum atomic E-state index is 10.8. The van der Waals surface area contributed by atoms with E-state index in [9.17, 15) is 10.1 Å². The molecule has 92 valence electrons. The first-order valence-electron chi connectivity index (χ1n) is 5.16. The number of benzene rings is 1. The zero-order valence-corrected chi connectivity index (χ0v) is 9.62. The highest BCUT2D eigenvalue weighted by atomic mass is 16.6. The molecule has 2 rings (SSSR count). The lowest BCUT2D eigenvalue weighted by Crippen LogP contribution is -1.98. The molecule has 0 radical (unpaired) electrons. The van der Waals surface area contributed by atoms with Gasteiger partial charge in [0.15, 0.2) is 0 Å². The van der Waals surface area contributed by atoms with Gasteiger partial charge >= 0.3 is 0 Å². The zero-order chi connectivity index (χ0) is 13.1. The zero-order valence-electron chi connectivity index (χ0n) is 9.62. The Morgan fingerprint density at radius 3 is 2.72 bits per heavy atom. The molecule has 1 aromatic heterocycles. The van der Waals surface area contributed by atoms with Gasteiger partial charge in [-0.25, -0.2) is 9.97 Å². The maximum absolute atomic E-state index is 10.8. The highest BCUT2D eigenvalue weighted by Crippen LogP contribution is 2.24. The van der Waals surface area contributed by atoms with E-state index in [1.807, 2.05) is 0 Å². The fourth-order valence-corrected chi connectivity index (χ4v) is 1.43. The third-order valence-corrected chi connectivity index (χ3v) is 2.35. The summed E-state index contributed by atoms with van der Waals surface area (Å²) in [5.41, 5.74) is 6.65. The van der Waals surface area contributed by atoms with Crippen molar-refractivity contribution in [3.63, 3.8) is 0 Å². The quantitative estimate of drug-likeness (QED) is 0.632. The number of hydrogen-bond acceptors (Lipinski definition) is 6. The standard InChI is InChI=1S/C11H11N5O2/c1-7-2-3-8(4-9(7)16(17)18)15-11-6-13-10(12)5-14-11/h2-6H,1H3,(H2,12,13)(H,14,15). The van der Waals surface area contributed by atoms with Gasteiger partial charge in [0.05, 0.1) is 17.3 Å². The van der Waals surface area contributed by atoms with E-state index in [4.69, 9.17) is 5.73 Å². The molecule has 0 fully saturated rings. The van der Waals surface area contributed by atoms with E-state index in [1.54, 1.807) is 19.1 Å². The summed E-state index contributed by atoms with van der Waals surface area (Å²) in [4.78, 5) is 18.3. The Labute approximate surface area is 103 Å². The van der Waals surface area contributed by atoms with Crippen molar-refractivity contribution in [2.24, 2.45) is 0 Å². The average Bonchev–Trinajstić information content (AvgIpc) is 2.34. The van der Waals surface area contributed by atoms with Gasteiger partial charge in [-0.3, -0.25) is 10.1 Å². The molecule has 0 aliphatic carbocycles. The smallest absolute Gasteiger partial charge is 0.274 e. The molecule has 0 unspecified atom stereocenters. The molecule has 7 nitrogen and oxygen atoms in total. The predicted molar refractivity (Wildman–Crippen MR) is 67.6 cm³/mol. The molecule has 7 heteroatoms. The fraction of sp³-hybridized carbons (Fsp3) is 0.0909. The van der Waals surface area contributed by atoms with Crippen molar-refractivity contribution in [2.75, 3.05) is 11.1 Å². The van der Waals surface area contributed by atoms with Crippen LogP contribution in [-0.4, -0.2) is 14.9 Å². The van der Waals surface area contributed by atoms with Gasteiger partial charge < -0.3 is 11.1 Å². The van der Waals surface area contributed by atoms with Crippen molar-refractivity contribution in [1.29, 1.82) is 0 Å². The van der Waals surface area contributed by atoms with Crippen molar-refractivity contribution in [3.05, 3.63) is 46.3 Å². The molecule has 0 atom stereocenters. The van der Waals surface area contributed by atoms with Gasteiger partial charge in [0.1, 0.15) is 11.6 Å². The second-order valence-electron chi connectivity index (χ2n) is 3.71. The van der Waals surface area contributed by atoms with Crippen LogP contribution in [0.4, 0.5) is 23.0 Å². The third kappa shape index (κ3) is 2.51. The van der Waals surface area contributed by atoms with E-state index < -0.39 is 4.92 Å². The number of nitro groups is 1. The number of anilines is 3. The maximum Gasteiger partial charge on any atom is 0.274 e. The molecule has 0 amide bonds. The Bertz CT molecular complexity index is 582. The number of nitrogens with one attached hydrogen (secondary N) is 1. The van der Waals surface area contributed by atoms with Gasteiger partial charge in [0.2, 0.25) is 0 Å². The molecular formula is C11H11N5O2. The molecule has 0 aliphatic rings. The van der Waals surface area contributed by atoms with Crippen LogP contribution >= 0.6 is 0 Å². The minimum absolute atomic E-state index is 0.0587. The first-order valence-corrected chi connectivity index (χ1v) is 5.16. The third-order valence-electron chi connectivity index (χ3n) is 2.35. The molecule has 3 N–H and O–H groups in total. The van der Waals surface area contributed by atoms with E-state index >= 15 is 0 Å². The molecule has 0 saturated carbocycles. The van der Waals surface area contributed by atoms with Crippen LogP contribution in [0.25, 0.3) is 0 Å². The van der Waals surface area contributed by atoms with Crippen LogP contribution < -0.4 is 11.1 Å². The number of nitrogen functional groups attached to an aromatic ring is 1. The van der Waals surface area contributed by atoms with Crippen LogP contribution in [0.5, 0.6) is 0 Å². The van der Waals surface area contributed by atoms with Gasteiger partial charge in [-0.2, -0.15) is 0 Å². The van der Waals surface area contributed by atoms with Gasteiger partial charge in [-0.05, 0) is 13.0 Å². The Kier molecular flexibility index (Phi) is 3.05. The van der Waals surface area contributed by atoms with Crippen molar-refractivity contribution < 1.29 is 4.92 Å². The lowest BCUT2D eigenvalue weighted by Gasteiger charge is -2.06. The summed E-state index contributed by atoms with van der Waals surface area (Å²) >= 11 is 0. The van der Waals surface area contributed by atoms with Crippen LogP contribution in [0.2, 0.25) is 0 Å². The van der Waals surface area contributed by atoms with E-state index in [-0.39, 0.29) is 5.69 Å². The Morgan fingerprint density at radius 2 is 2.11 bits per heavy atom. The second kappa shape index (κ2) is 4.66. The monoisotopic (exact) mass is 245 g/mol. The normalized spacial score (nSPS) is 10.1. The summed E-state index contributed by atoms with van der Waals surface area (Å²) in [6, 6.07) is 4.86. The van der Waals surface area contributed by atoms with Crippen LogP contribution in [0.15, 0.2) is 30.6 Å². The number of rotatable bonds is 3. The summed E-state index contributed by atoms with van der Waals surface area (Å²) in [6.45, 7) is 1.69. The number of nitrogens with zero attached hydrogens (tertiary/aromatic N) is 3. The van der Waals surface area contributed by atoms with Gasteiger partial charge in [-0.15, -0.1) is 0 Å². The van der Waals surface area contributed by atoms with E-state index in [1.165, 1.54) is 18.5 Å². The fourth-order valence-electron chi connectivity index (χ4n) is 1.43. The molecule has 0 bridgehead atoms. The Hall–Kier alpha value is -2.70. The van der Waals surface area contributed by atoms with E-state index in [0.29, 0.717) is 22.9 Å². The van der Waals surface area contributed by atoms with Crippen LogP contribution in [-0.2, 0) is 0 Å². The lowest BCUT2D eigenvalue weighted by molar-refractivity contribution is -0.385. The SMILES string of the molecule is Cc1ccc(Nc2cnc(N)cn2)cc1[N+](=O)[O-]. The van der Waals surface area contributed by atoms with Gasteiger partial charge in [0, 0.05) is 17.3 Å². The average molecular weight is 245 g/mol. The molecule has 2 aromatic rings. The van der Waals surface area contributed by atoms with Gasteiger partial charge in [-0.1, -0.05) is 6.07 Å². The lowest BCUT2D eigenvalue weighted by atomic mass is 10.2. The molecule has 1 heterocycles. The first-order chi connectivity index (χ1) is 8.56. The minimum atomic E-state index is -0.421.